The summed E-state index contributed by atoms with van der Waals surface area (Å²) in [7, 11) is 0. The number of amides is 2. The van der Waals surface area contributed by atoms with Crippen LogP contribution in [-0.2, 0) is 11.2 Å². The summed E-state index contributed by atoms with van der Waals surface area (Å²) in [6.45, 7) is 5.77. The van der Waals surface area contributed by atoms with Crippen LogP contribution in [0.15, 0.2) is 48.5 Å². The predicted molar refractivity (Wildman–Crippen MR) is 135 cm³/mol. The molecule has 2 heterocycles. The third-order valence-corrected chi connectivity index (χ3v) is 7.13. The summed E-state index contributed by atoms with van der Waals surface area (Å²) in [6.07, 6.45) is 6.39. The summed E-state index contributed by atoms with van der Waals surface area (Å²) in [6, 6.07) is 13.9. The summed E-state index contributed by atoms with van der Waals surface area (Å²) in [5.74, 6) is 0.0489. The Balaban J connectivity index is 1.29. The Kier molecular flexibility index (Phi) is 8.74. The first-order valence-corrected chi connectivity index (χ1v) is 12.8. The zero-order valence-corrected chi connectivity index (χ0v) is 20.5. The van der Waals surface area contributed by atoms with E-state index in [1.165, 1.54) is 5.56 Å². The Hall–Kier alpha value is -2.93. The van der Waals surface area contributed by atoms with Crippen molar-refractivity contribution in [3.05, 3.63) is 65.5 Å². The van der Waals surface area contributed by atoms with Crippen LogP contribution in [-0.4, -0.2) is 60.6 Å². The molecular weight excluding hydrogens is 445 g/mol. The molecular formula is C28H36FN3O3. The van der Waals surface area contributed by atoms with Crippen molar-refractivity contribution in [1.82, 2.24) is 9.80 Å². The van der Waals surface area contributed by atoms with Crippen molar-refractivity contribution in [2.75, 3.05) is 38.1 Å². The van der Waals surface area contributed by atoms with Crippen LogP contribution in [0.25, 0.3) is 0 Å². The Morgan fingerprint density at radius 1 is 1.03 bits per heavy atom. The average Bonchev–Trinajstić information content (AvgIpc) is 2.87. The van der Waals surface area contributed by atoms with Gasteiger partial charge in [-0.2, -0.15) is 0 Å². The number of likely N-dealkylation sites (tertiary alicyclic amines) is 2. The van der Waals surface area contributed by atoms with E-state index in [-0.39, 0.29) is 23.9 Å². The van der Waals surface area contributed by atoms with Gasteiger partial charge in [0.15, 0.2) is 0 Å². The molecule has 2 saturated heterocycles. The molecule has 7 heteroatoms. The lowest BCUT2D eigenvalue weighted by molar-refractivity contribution is 0.0526. The van der Waals surface area contributed by atoms with Crippen LogP contribution in [0.3, 0.4) is 0 Å². The van der Waals surface area contributed by atoms with E-state index in [2.05, 4.69) is 10.2 Å². The van der Waals surface area contributed by atoms with Gasteiger partial charge in [0.25, 0.3) is 0 Å². The normalized spacial score (nSPS) is 19.4. The van der Waals surface area contributed by atoms with Crippen molar-refractivity contribution in [2.24, 2.45) is 5.92 Å². The Labute approximate surface area is 207 Å². The molecule has 1 atom stereocenters. The number of anilines is 1. The molecule has 2 amide bonds. The van der Waals surface area contributed by atoms with Crippen molar-refractivity contribution in [1.29, 1.82) is 0 Å². The molecule has 0 spiro atoms. The number of rotatable bonds is 7. The number of carbonyl (C=O) groups excluding carboxylic acids is 2. The summed E-state index contributed by atoms with van der Waals surface area (Å²) in [5.41, 5.74) is 2.24. The van der Waals surface area contributed by atoms with Gasteiger partial charge >= 0.3 is 12.0 Å². The van der Waals surface area contributed by atoms with E-state index in [1.807, 2.05) is 17.0 Å². The van der Waals surface area contributed by atoms with Gasteiger partial charge < -0.3 is 19.9 Å². The molecule has 188 valence electrons. The topological polar surface area (TPSA) is 61.9 Å². The maximum Gasteiger partial charge on any atom is 0.338 e. The molecule has 0 radical (unpaired) electrons. The second-order valence-electron chi connectivity index (χ2n) is 9.65. The van der Waals surface area contributed by atoms with Gasteiger partial charge in [0.1, 0.15) is 5.82 Å². The van der Waals surface area contributed by atoms with Crippen molar-refractivity contribution >= 4 is 17.7 Å². The molecule has 0 aliphatic carbocycles. The average molecular weight is 482 g/mol. The van der Waals surface area contributed by atoms with Crippen molar-refractivity contribution < 1.29 is 18.7 Å². The van der Waals surface area contributed by atoms with E-state index < -0.39 is 0 Å². The summed E-state index contributed by atoms with van der Waals surface area (Å²) < 4.78 is 18.2. The second kappa shape index (κ2) is 12.2. The van der Waals surface area contributed by atoms with E-state index >= 15 is 0 Å². The van der Waals surface area contributed by atoms with E-state index in [0.29, 0.717) is 23.8 Å². The van der Waals surface area contributed by atoms with Crippen LogP contribution >= 0.6 is 0 Å². The highest BCUT2D eigenvalue weighted by molar-refractivity contribution is 5.94. The summed E-state index contributed by atoms with van der Waals surface area (Å²) in [4.78, 5) is 29.6. The van der Waals surface area contributed by atoms with E-state index in [9.17, 15) is 14.0 Å². The minimum absolute atomic E-state index is 0.109. The number of halogens is 1. The lowest BCUT2D eigenvalue weighted by Crippen LogP contribution is -2.52. The molecule has 1 unspecified atom stereocenters. The zero-order valence-electron chi connectivity index (χ0n) is 20.5. The lowest BCUT2D eigenvalue weighted by Gasteiger charge is -2.40. The highest BCUT2D eigenvalue weighted by Gasteiger charge is 2.30. The van der Waals surface area contributed by atoms with E-state index in [1.54, 1.807) is 43.3 Å². The minimum Gasteiger partial charge on any atom is -0.462 e. The fourth-order valence-electron chi connectivity index (χ4n) is 5.22. The number of piperidine rings is 2. The SMILES string of the molecule is CCOC(=O)c1cccc(NC(=O)N2CCCCC2CN2CCC(Cc3ccc(F)cc3)CC2)c1. The standard InChI is InChI=1S/C28H36FN3O3/c1-2-35-27(33)23-6-5-7-25(19-23)30-28(34)32-15-4-3-8-26(32)20-31-16-13-22(14-17-31)18-21-9-11-24(29)12-10-21/h5-7,9-12,19,22,26H,2-4,8,13-18,20H2,1H3,(H,30,34). The fraction of sp³-hybridized carbons (Fsp3) is 0.500. The molecule has 2 aliphatic heterocycles. The Bertz CT molecular complexity index is 989. The van der Waals surface area contributed by atoms with Gasteiger partial charge in [-0.3, -0.25) is 0 Å². The highest BCUT2D eigenvalue weighted by Crippen LogP contribution is 2.25. The van der Waals surface area contributed by atoms with Gasteiger partial charge in [0.05, 0.1) is 12.2 Å². The molecule has 2 aromatic carbocycles. The number of hydrogen-bond donors (Lipinski definition) is 1. The molecule has 35 heavy (non-hydrogen) atoms. The van der Waals surface area contributed by atoms with Crippen LogP contribution in [0.5, 0.6) is 0 Å². The molecule has 6 nitrogen and oxygen atoms in total. The molecule has 0 aromatic heterocycles. The van der Waals surface area contributed by atoms with Crippen LogP contribution < -0.4 is 5.32 Å². The summed E-state index contributed by atoms with van der Waals surface area (Å²) >= 11 is 0. The van der Waals surface area contributed by atoms with Gasteiger partial charge in [-0.1, -0.05) is 18.2 Å². The van der Waals surface area contributed by atoms with Crippen molar-refractivity contribution in [3.8, 4) is 0 Å². The van der Waals surface area contributed by atoms with Crippen LogP contribution in [0, 0.1) is 11.7 Å². The van der Waals surface area contributed by atoms with Crippen LogP contribution in [0.4, 0.5) is 14.9 Å². The quantitative estimate of drug-likeness (QED) is 0.542. The number of urea groups is 1. The first kappa shape index (κ1) is 25.2. The number of nitrogens with one attached hydrogen (secondary N) is 1. The first-order valence-electron chi connectivity index (χ1n) is 12.8. The lowest BCUT2D eigenvalue weighted by atomic mass is 9.89. The Morgan fingerprint density at radius 3 is 2.54 bits per heavy atom. The monoisotopic (exact) mass is 481 g/mol. The third kappa shape index (κ3) is 7.04. The molecule has 1 N–H and O–H groups in total. The molecule has 2 aliphatic rings. The third-order valence-electron chi connectivity index (χ3n) is 7.13. The number of nitrogens with zero attached hydrogens (tertiary/aromatic N) is 2. The van der Waals surface area contributed by atoms with E-state index in [0.717, 1.165) is 64.7 Å². The molecule has 2 aromatic rings. The number of benzene rings is 2. The largest absolute Gasteiger partial charge is 0.462 e. The molecule has 0 bridgehead atoms. The van der Waals surface area contributed by atoms with Crippen molar-refractivity contribution in [2.45, 2.75) is 51.5 Å². The maximum atomic E-state index is 13.2. The second-order valence-corrected chi connectivity index (χ2v) is 9.65. The number of esters is 1. The number of hydrogen-bond acceptors (Lipinski definition) is 4. The maximum absolute atomic E-state index is 13.2. The molecule has 4 rings (SSSR count). The van der Waals surface area contributed by atoms with Crippen molar-refractivity contribution in [3.63, 3.8) is 0 Å². The van der Waals surface area contributed by atoms with E-state index in [4.69, 9.17) is 4.74 Å². The van der Waals surface area contributed by atoms with Crippen LogP contribution in [0.1, 0.15) is 54.9 Å². The minimum atomic E-state index is -0.387. The molecule has 0 saturated carbocycles. The predicted octanol–water partition coefficient (Wildman–Crippen LogP) is 5.34. The smallest absolute Gasteiger partial charge is 0.338 e. The number of ether oxygens (including phenoxy) is 1. The highest BCUT2D eigenvalue weighted by atomic mass is 19.1. The van der Waals surface area contributed by atoms with Gasteiger partial charge in [0, 0.05) is 24.8 Å². The molecule has 2 fully saturated rings. The number of carbonyl (C=O) groups is 2. The van der Waals surface area contributed by atoms with Gasteiger partial charge in [-0.15, -0.1) is 0 Å². The fourth-order valence-corrected chi connectivity index (χ4v) is 5.22. The first-order chi connectivity index (χ1) is 17.0. The zero-order chi connectivity index (χ0) is 24.6. The Morgan fingerprint density at radius 2 is 1.80 bits per heavy atom. The van der Waals surface area contributed by atoms with Gasteiger partial charge in [0.2, 0.25) is 0 Å². The van der Waals surface area contributed by atoms with Gasteiger partial charge in [-0.25, -0.2) is 14.0 Å². The van der Waals surface area contributed by atoms with Crippen LogP contribution in [0.2, 0.25) is 0 Å². The van der Waals surface area contributed by atoms with Gasteiger partial charge in [-0.05, 0) is 100 Å². The summed E-state index contributed by atoms with van der Waals surface area (Å²) in [5, 5.41) is 2.99.